The smallest absolute Gasteiger partial charge is 0.291 e. The highest BCUT2D eigenvalue weighted by Gasteiger charge is 2.19. The van der Waals surface area contributed by atoms with Crippen LogP contribution >= 0.6 is 0 Å². The fourth-order valence-electron chi connectivity index (χ4n) is 2.84. The zero-order valence-corrected chi connectivity index (χ0v) is 13.8. The predicted octanol–water partition coefficient (Wildman–Crippen LogP) is 2.26. The Morgan fingerprint density at radius 3 is 2.81 bits per heavy atom. The van der Waals surface area contributed by atoms with Crippen molar-refractivity contribution in [3.05, 3.63) is 70.7 Å². The molecule has 3 heterocycles. The van der Waals surface area contributed by atoms with Gasteiger partial charge in [0.1, 0.15) is 23.7 Å². The minimum absolute atomic E-state index is 0.235. The molecule has 1 aromatic carbocycles. The molecule has 0 bridgehead atoms. The van der Waals surface area contributed by atoms with E-state index in [-0.39, 0.29) is 23.8 Å². The first kappa shape index (κ1) is 16.1. The average molecular weight is 354 g/mol. The standard InChI is InChI=1S/C18H15FN4O3/c1-11(17(24)20-9-12-2-4-13(19)5-3-12)23-18(25)15-8-16-14(6-7-26-16)22(15)10-21-23/h2-8,10-11H,9H2,1H3,(H,20,24)/t11-/m1/s1. The Balaban J connectivity index is 1.57. The van der Waals surface area contributed by atoms with Crippen LogP contribution in [0.15, 0.2) is 58.2 Å². The van der Waals surface area contributed by atoms with E-state index in [0.29, 0.717) is 11.1 Å². The van der Waals surface area contributed by atoms with Crippen LogP contribution in [0.2, 0.25) is 0 Å². The van der Waals surface area contributed by atoms with Gasteiger partial charge in [0.15, 0.2) is 5.58 Å². The van der Waals surface area contributed by atoms with Crippen LogP contribution in [-0.2, 0) is 11.3 Å². The third-order valence-electron chi connectivity index (χ3n) is 4.31. The summed E-state index contributed by atoms with van der Waals surface area (Å²) in [4.78, 5) is 25.1. The number of aromatic nitrogens is 3. The summed E-state index contributed by atoms with van der Waals surface area (Å²) >= 11 is 0. The largest absolute Gasteiger partial charge is 0.463 e. The van der Waals surface area contributed by atoms with Crippen LogP contribution in [0.4, 0.5) is 4.39 Å². The van der Waals surface area contributed by atoms with Crippen molar-refractivity contribution in [2.24, 2.45) is 0 Å². The Kier molecular flexibility index (Phi) is 3.80. The molecule has 1 atom stereocenters. The van der Waals surface area contributed by atoms with Gasteiger partial charge in [0.05, 0.1) is 11.8 Å². The Labute approximate surface area is 146 Å². The number of nitrogens with one attached hydrogen (secondary N) is 1. The van der Waals surface area contributed by atoms with Crippen LogP contribution in [0.25, 0.3) is 16.6 Å². The summed E-state index contributed by atoms with van der Waals surface area (Å²) in [6.45, 7) is 1.83. The van der Waals surface area contributed by atoms with E-state index < -0.39 is 6.04 Å². The number of amides is 1. The first-order valence-electron chi connectivity index (χ1n) is 8.03. The predicted molar refractivity (Wildman–Crippen MR) is 92.2 cm³/mol. The highest BCUT2D eigenvalue weighted by atomic mass is 19.1. The van der Waals surface area contributed by atoms with E-state index >= 15 is 0 Å². The van der Waals surface area contributed by atoms with Crippen LogP contribution < -0.4 is 10.9 Å². The van der Waals surface area contributed by atoms with Gasteiger partial charge in [0, 0.05) is 18.7 Å². The van der Waals surface area contributed by atoms with Gasteiger partial charge >= 0.3 is 0 Å². The van der Waals surface area contributed by atoms with E-state index in [0.717, 1.165) is 15.8 Å². The van der Waals surface area contributed by atoms with Crippen molar-refractivity contribution in [1.29, 1.82) is 0 Å². The molecule has 0 radical (unpaired) electrons. The zero-order chi connectivity index (χ0) is 18.3. The van der Waals surface area contributed by atoms with Gasteiger partial charge < -0.3 is 9.73 Å². The molecule has 8 heteroatoms. The molecule has 4 aromatic rings. The van der Waals surface area contributed by atoms with Gasteiger partial charge in [-0.3, -0.25) is 14.0 Å². The Bertz CT molecular complexity index is 1160. The quantitative estimate of drug-likeness (QED) is 0.609. The summed E-state index contributed by atoms with van der Waals surface area (Å²) in [5, 5.41) is 6.84. The van der Waals surface area contributed by atoms with Crippen molar-refractivity contribution < 1.29 is 13.6 Å². The van der Waals surface area contributed by atoms with Crippen LogP contribution in [-0.4, -0.2) is 20.1 Å². The first-order chi connectivity index (χ1) is 12.5. The lowest BCUT2D eigenvalue weighted by atomic mass is 10.2. The second-order valence-electron chi connectivity index (χ2n) is 5.97. The molecule has 0 unspecified atom stereocenters. The highest BCUT2D eigenvalue weighted by Crippen LogP contribution is 2.18. The number of carbonyl (C=O) groups excluding carboxylic acids is 1. The molecule has 0 spiro atoms. The lowest BCUT2D eigenvalue weighted by Crippen LogP contribution is -2.37. The molecular weight excluding hydrogens is 339 g/mol. The number of hydrogen-bond acceptors (Lipinski definition) is 4. The van der Waals surface area contributed by atoms with Crippen LogP contribution in [0.5, 0.6) is 0 Å². The molecule has 0 saturated carbocycles. The van der Waals surface area contributed by atoms with Crippen molar-refractivity contribution in [3.63, 3.8) is 0 Å². The molecule has 0 aliphatic heterocycles. The van der Waals surface area contributed by atoms with E-state index in [1.807, 2.05) is 0 Å². The minimum Gasteiger partial charge on any atom is -0.463 e. The number of carbonyl (C=O) groups is 1. The molecular formula is C18H15FN4O3. The summed E-state index contributed by atoms with van der Waals surface area (Å²) in [5.74, 6) is -0.695. The minimum atomic E-state index is -0.797. The fourth-order valence-corrected chi connectivity index (χ4v) is 2.84. The number of fused-ring (bicyclic) bond motifs is 3. The number of furan rings is 1. The van der Waals surface area contributed by atoms with Gasteiger partial charge in [0.25, 0.3) is 5.56 Å². The lowest BCUT2D eigenvalue weighted by molar-refractivity contribution is -0.124. The van der Waals surface area contributed by atoms with Gasteiger partial charge in [-0.05, 0) is 24.6 Å². The molecule has 0 saturated heterocycles. The van der Waals surface area contributed by atoms with Crippen LogP contribution in [0, 0.1) is 5.82 Å². The highest BCUT2D eigenvalue weighted by molar-refractivity contribution is 5.82. The molecule has 1 amide bonds. The number of benzene rings is 1. The SMILES string of the molecule is C[C@H](C(=O)NCc1ccc(F)cc1)n1ncn2c(cc3occc32)c1=O. The van der Waals surface area contributed by atoms with Gasteiger partial charge in [-0.25, -0.2) is 9.07 Å². The van der Waals surface area contributed by atoms with Crippen LogP contribution in [0.1, 0.15) is 18.5 Å². The molecule has 132 valence electrons. The van der Waals surface area contributed by atoms with Gasteiger partial charge in [0.2, 0.25) is 5.91 Å². The third-order valence-corrected chi connectivity index (χ3v) is 4.31. The number of rotatable bonds is 4. The van der Waals surface area contributed by atoms with E-state index in [1.54, 1.807) is 35.6 Å². The van der Waals surface area contributed by atoms with E-state index in [2.05, 4.69) is 10.4 Å². The molecule has 1 N–H and O–H groups in total. The van der Waals surface area contributed by atoms with Crippen LogP contribution in [0.3, 0.4) is 0 Å². The van der Waals surface area contributed by atoms with Gasteiger partial charge in [-0.1, -0.05) is 12.1 Å². The number of halogens is 1. The first-order valence-corrected chi connectivity index (χ1v) is 8.03. The Hall–Kier alpha value is -3.42. The maximum absolute atomic E-state index is 12.9. The maximum Gasteiger partial charge on any atom is 0.291 e. The second kappa shape index (κ2) is 6.14. The number of nitrogens with zero attached hydrogens (tertiary/aromatic N) is 3. The second-order valence-corrected chi connectivity index (χ2v) is 5.97. The van der Waals surface area contributed by atoms with Crippen molar-refractivity contribution in [1.82, 2.24) is 19.5 Å². The summed E-state index contributed by atoms with van der Waals surface area (Å²) < 4.78 is 21.0. The summed E-state index contributed by atoms with van der Waals surface area (Å²) in [5.41, 5.74) is 2.07. The normalized spacial score (nSPS) is 12.5. The van der Waals surface area contributed by atoms with E-state index in [9.17, 15) is 14.0 Å². The third kappa shape index (κ3) is 2.65. The Morgan fingerprint density at radius 2 is 2.04 bits per heavy atom. The summed E-state index contributed by atoms with van der Waals surface area (Å²) in [7, 11) is 0. The molecule has 0 fully saturated rings. The topological polar surface area (TPSA) is 81.5 Å². The maximum atomic E-state index is 12.9. The zero-order valence-electron chi connectivity index (χ0n) is 13.8. The summed E-state index contributed by atoms with van der Waals surface area (Å²) in [6.07, 6.45) is 3.02. The summed E-state index contributed by atoms with van der Waals surface area (Å²) in [6, 6.07) is 8.40. The van der Waals surface area contributed by atoms with Gasteiger partial charge in [-0.15, -0.1) is 0 Å². The average Bonchev–Trinajstić information content (AvgIpc) is 3.23. The Morgan fingerprint density at radius 1 is 1.27 bits per heavy atom. The van der Waals surface area contributed by atoms with Crippen molar-refractivity contribution in [2.45, 2.75) is 19.5 Å². The van der Waals surface area contributed by atoms with E-state index in [1.165, 1.54) is 24.7 Å². The van der Waals surface area contributed by atoms with Crippen molar-refractivity contribution in [2.75, 3.05) is 0 Å². The molecule has 4 rings (SSSR count). The fraction of sp³-hybridized carbons (Fsp3) is 0.167. The van der Waals surface area contributed by atoms with Crippen molar-refractivity contribution in [3.8, 4) is 0 Å². The lowest BCUT2D eigenvalue weighted by Gasteiger charge is -2.14. The molecule has 0 aliphatic carbocycles. The van der Waals surface area contributed by atoms with Gasteiger partial charge in [-0.2, -0.15) is 5.10 Å². The molecule has 0 aliphatic rings. The molecule has 3 aromatic heterocycles. The number of hydrogen-bond donors (Lipinski definition) is 1. The van der Waals surface area contributed by atoms with Crippen molar-refractivity contribution >= 4 is 22.5 Å². The van der Waals surface area contributed by atoms with E-state index in [4.69, 9.17) is 4.42 Å². The monoisotopic (exact) mass is 354 g/mol. The molecule has 7 nitrogen and oxygen atoms in total. The molecule has 26 heavy (non-hydrogen) atoms.